The highest BCUT2D eigenvalue weighted by Crippen LogP contribution is 2.15. The lowest BCUT2D eigenvalue weighted by molar-refractivity contribution is 0.102. The number of hydrogen-bond acceptors (Lipinski definition) is 4. The lowest BCUT2D eigenvalue weighted by Crippen LogP contribution is -2.17. The molecule has 0 fully saturated rings. The van der Waals surface area contributed by atoms with Crippen LogP contribution in [0, 0.1) is 0 Å². The maximum Gasteiger partial charge on any atom is 0.258 e. The minimum Gasteiger partial charge on any atom is -0.352 e. The van der Waals surface area contributed by atoms with Crippen molar-refractivity contribution in [3.8, 4) is 0 Å². The predicted molar refractivity (Wildman–Crippen MR) is 84.8 cm³/mol. The number of hydrogen-bond donors (Lipinski definition) is 2. The molecule has 0 saturated carbocycles. The first kappa shape index (κ1) is 15.3. The summed E-state index contributed by atoms with van der Waals surface area (Å²) in [4.78, 5) is 20.3. The largest absolute Gasteiger partial charge is 0.352 e. The van der Waals surface area contributed by atoms with Crippen LogP contribution in [-0.4, -0.2) is 21.9 Å². The molecule has 6 heteroatoms. The van der Waals surface area contributed by atoms with Crippen LogP contribution in [0.4, 0.5) is 11.6 Å². The molecule has 110 valence electrons. The SMILES string of the molecule is CCC(C)Nc1ncc(C(=O)Nc2cccc(Cl)c2)cn1. The molecule has 0 aliphatic carbocycles. The second-order valence-electron chi connectivity index (χ2n) is 4.71. The summed E-state index contributed by atoms with van der Waals surface area (Å²) in [5.74, 6) is 0.246. The molecule has 2 rings (SSSR count). The van der Waals surface area contributed by atoms with E-state index in [1.807, 2.05) is 6.92 Å². The van der Waals surface area contributed by atoms with E-state index in [0.29, 0.717) is 22.2 Å². The maximum atomic E-state index is 12.1. The normalized spacial score (nSPS) is 11.8. The van der Waals surface area contributed by atoms with Gasteiger partial charge < -0.3 is 10.6 Å². The fraction of sp³-hybridized carbons (Fsp3) is 0.267. The Hall–Kier alpha value is -2.14. The molecule has 1 unspecified atom stereocenters. The van der Waals surface area contributed by atoms with Gasteiger partial charge in [-0.25, -0.2) is 9.97 Å². The van der Waals surface area contributed by atoms with Crippen molar-refractivity contribution in [3.05, 3.63) is 47.2 Å². The zero-order valence-corrected chi connectivity index (χ0v) is 12.7. The van der Waals surface area contributed by atoms with Crippen LogP contribution in [0.3, 0.4) is 0 Å². The quantitative estimate of drug-likeness (QED) is 0.886. The van der Waals surface area contributed by atoms with Crippen LogP contribution in [0.25, 0.3) is 0 Å². The van der Waals surface area contributed by atoms with E-state index in [0.717, 1.165) is 6.42 Å². The Morgan fingerprint density at radius 3 is 2.67 bits per heavy atom. The number of halogens is 1. The van der Waals surface area contributed by atoms with Gasteiger partial charge >= 0.3 is 0 Å². The molecular formula is C15H17ClN4O. The van der Waals surface area contributed by atoms with Crippen LogP contribution < -0.4 is 10.6 Å². The van der Waals surface area contributed by atoms with E-state index in [9.17, 15) is 4.79 Å². The van der Waals surface area contributed by atoms with E-state index in [1.165, 1.54) is 12.4 Å². The first-order valence-electron chi connectivity index (χ1n) is 6.74. The van der Waals surface area contributed by atoms with Gasteiger partial charge in [-0.3, -0.25) is 4.79 Å². The maximum absolute atomic E-state index is 12.1. The first-order chi connectivity index (χ1) is 10.1. The van der Waals surface area contributed by atoms with Gasteiger partial charge in [0, 0.05) is 29.1 Å². The molecule has 1 amide bonds. The summed E-state index contributed by atoms with van der Waals surface area (Å²) < 4.78 is 0. The van der Waals surface area contributed by atoms with Crippen molar-refractivity contribution in [1.82, 2.24) is 9.97 Å². The fourth-order valence-electron chi connectivity index (χ4n) is 1.61. The smallest absolute Gasteiger partial charge is 0.258 e. The van der Waals surface area contributed by atoms with E-state index in [1.54, 1.807) is 24.3 Å². The van der Waals surface area contributed by atoms with Crippen molar-refractivity contribution in [2.75, 3.05) is 10.6 Å². The molecule has 0 bridgehead atoms. The Morgan fingerprint density at radius 1 is 1.33 bits per heavy atom. The van der Waals surface area contributed by atoms with E-state index in [2.05, 4.69) is 27.5 Å². The molecular weight excluding hydrogens is 288 g/mol. The summed E-state index contributed by atoms with van der Waals surface area (Å²) in [6.07, 6.45) is 3.97. The van der Waals surface area contributed by atoms with Gasteiger partial charge in [-0.2, -0.15) is 0 Å². The number of carbonyl (C=O) groups excluding carboxylic acids is 1. The molecule has 5 nitrogen and oxygen atoms in total. The Balaban J connectivity index is 2.03. The average Bonchev–Trinajstić information content (AvgIpc) is 2.47. The Kier molecular flexibility index (Phi) is 5.11. The number of rotatable bonds is 5. The second kappa shape index (κ2) is 7.04. The third kappa shape index (κ3) is 4.43. The van der Waals surface area contributed by atoms with Crippen LogP contribution in [0.2, 0.25) is 5.02 Å². The van der Waals surface area contributed by atoms with Crippen molar-refractivity contribution in [1.29, 1.82) is 0 Å². The highest BCUT2D eigenvalue weighted by Gasteiger charge is 2.08. The Bertz CT molecular complexity index is 615. The minimum atomic E-state index is -0.271. The summed E-state index contributed by atoms with van der Waals surface area (Å²) in [6, 6.07) is 7.25. The number of nitrogens with one attached hydrogen (secondary N) is 2. The van der Waals surface area contributed by atoms with Crippen LogP contribution >= 0.6 is 11.6 Å². The third-order valence-electron chi connectivity index (χ3n) is 2.98. The van der Waals surface area contributed by atoms with E-state index < -0.39 is 0 Å². The number of aromatic nitrogens is 2. The Labute approximate surface area is 128 Å². The number of benzene rings is 1. The monoisotopic (exact) mass is 304 g/mol. The molecule has 0 aliphatic heterocycles. The van der Waals surface area contributed by atoms with Gasteiger partial charge in [0.15, 0.2) is 0 Å². The molecule has 21 heavy (non-hydrogen) atoms. The molecule has 1 heterocycles. The van der Waals surface area contributed by atoms with Crippen LogP contribution in [0.5, 0.6) is 0 Å². The van der Waals surface area contributed by atoms with Gasteiger partial charge in [-0.1, -0.05) is 24.6 Å². The van der Waals surface area contributed by atoms with Gasteiger partial charge in [0.25, 0.3) is 5.91 Å². The second-order valence-corrected chi connectivity index (χ2v) is 5.15. The molecule has 2 N–H and O–H groups in total. The van der Waals surface area contributed by atoms with Crippen LogP contribution in [-0.2, 0) is 0 Å². The molecule has 0 spiro atoms. The molecule has 1 atom stereocenters. The van der Waals surface area contributed by atoms with Gasteiger partial charge in [0.2, 0.25) is 5.95 Å². The zero-order valence-electron chi connectivity index (χ0n) is 11.9. The number of anilines is 2. The molecule has 2 aromatic rings. The first-order valence-corrected chi connectivity index (χ1v) is 7.11. The van der Waals surface area contributed by atoms with Crippen molar-refractivity contribution in [2.24, 2.45) is 0 Å². The predicted octanol–water partition coefficient (Wildman–Crippen LogP) is 3.59. The van der Waals surface area contributed by atoms with Crippen LogP contribution in [0.15, 0.2) is 36.7 Å². The summed E-state index contributed by atoms with van der Waals surface area (Å²) in [7, 11) is 0. The summed E-state index contributed by atoms with van der Waals surface area (Å²) in [5.41, 5.74) is 1.03. The highest BCUT2D eigenvalue weighted by atomic mass is 35.5. The number of nitrogens with zero attached hydrogens (tertiary/aromatic N) is 2. The van der Waals surface area contributed by atoms with Crippen molar-refractivity contribution in [3.63, 3.8) is 0 Å². The molecule has 0 aliphatic rings. The third-order valence-corrected chi connectivity index (χ3v) is 3.22. The lowest BCUT2D eigenvalue weighted by atomic mass is 10.2. The molecule has 0 radical (unpaired) electrons. The summed E-state index contributed by atoms with van der Waals surface area (Å²) >= 11 is 5.87. The van der Waals surface area contributed by atoms with Gasteiger partial charge in [0.1, 0.15) is 0 Å². The fourth-order valence-corrected chi connectivity index (χ4v) is 1.80. The van der Waals surface area contributed by atoms with Crippen LogP contribution in [0.1, 0.15) is 30.6 Å². The lowest BCUT2D eigenvalue weighted by Gasteiger charge is -2.11. The van der Waals surface area contributed by atoms with Gasteiger partial charge in [-0.05, 0) is 31.5 Å². The number of carbonyl (C=O) groups is 1. The van der Waals surface area contributed by atoms with E-state index >= 15 is 0 Å². The van der Waals surface area contributed by atoms with Gasteiger partial charge in [-0.15, -0.1) is 0 Å². The minimum absolute atomic E-state index is 0.271. The average molecular weight is 305 g/mol. The molecule has 1 aromatic carbocycles. The van der Waals surface area contributed by atoms with Gasteiger partial charge in [0.05, 0.1) is 5.56 Å². The number of amides is 1. The summed E-state index contributed by atoms with van der Waals surface area (Å²) in [5, 5.41) is 6.46. The van der Waals surface area contributed by atoms with E-state index in [-0.39, 0.29) is 11.9 Å². The zero-order chi connectivity index (χ0) is 15.2. The molecule has 0 saturated heterocycles. The highest BCUT2D eigenvalue weighted by molar-refractivity contribution is 6.30. The summed E-state index contributed by atoms with van der Waals surface area (Å²) in [6.45, 7) is 4.12. The van der Waals surface area contributed by atoms with Crippen molar-refractivity contribution in [2.45, 2.75) is 26.3 Å². The Morgan fingerprint density at radius 2 is 2.05 bits per heavy atom. The molecule has 1 aromatic heterocycles. The standard InChI is InChI=1S/C15H17ClN4O/c1-3-10(2)19-15-17-8-11(9-18-15)14(21)20-13-6-4-5-12(16)7-13/h4-10H,3H2,1-2H3,(H,20,21)(H,17,18,19). The van der Waals surface area contributed by atoms with E-state index in [4.69, 9.17) is 11.6 Å². The topological polar surface area (TPSA) is 66.9 Å². The van der Waals surface area contributed by atoms with Crippen molar-refractivity contribution < 1.29 is 4.79 Å². The van der Waals surface area contributed by atoms with Crippen molar-refractivity contribution >= 4 is 29.1 Å².